The van der Waals surface area contributed by atoms with E-state index in [1.165, 1.54) is 0 Å². The Bertz CT molecular complexity index is 355. The number of nitrogens with zero attached hydrogens (tertiary/aromatic N) is 4. The van der Waals surface area contributed by atoms with Gasteiger partial charge in [-0.3, -0.25) is 0 Å². The van der Waals surface area contributed by atoms with Gasteiger partial charge in [0.15, 0.2) is 5.52 Å². The molecular formula is C5H4N4O. The largest absolute Gasteiger partial charge is 0.242 e. The molecule has 0 aliphatic rings. The summed E-state index contributed by atoms with van der Waals surface area (Å²) in [6.07, 6.45) is 1.58. The van der Waals surface area contributed by atoms with Crippen molar-refractivity contribution in [1.29, 1.82) is 0 Å². The number of hydrogen-bond donors (Lipinski definition) is 0. The first kappa shape index (κ1) is 5.28. The number of fused-ring (bicyclic) bond motifs is 1. The molecule has 2 heterocycles. The lowest BCUT2D eigenvalue weighted by atomic mass is 10.5. The number of aromatic nitrogens is 4. The lowest BCUT2D eigenvalue weighted by Gasteiger charge is -1.84. The molecule has 2 rings (SSSR count). The van der Waals surface area contributed by atoms with Crippen LogP contribution in [-0.4, -0.2) is 20.3 Å². The minimum absolute atomic E-state index is 0.507. The second kappa shape index (κ2) is 1.73. The second-order valence-electron chi connectivity index (χ2n) is 1.89. The summed E-state index contributed by atoms with van der Waals surface area (Å²) in [6.45, 7) is 1.79. The molecule has 0 spiro atoms. The molecule has 0 aromatic carbocycles. The van der Waals surface area contributed by atoms with E-state index in [2.05, 4.69) is 24.9 Å². The maximum absolute atomic E-state index is 4.42. The van der Waals surface area contributed by atoms with Crippen LogP contribution in [-0.2, 0) is 0 Å². The molecule has 0 bridgehead atoms. The van der Waals surface area contributed by atoms with Crippen molar-refractivity contribution in [3.8, 4) is 0 Å². The van der Waals surface area contributed by atoms with Gasteiger partial charge in [0.2, 0.25) is 5.65 Å². The molecule has 0 aliphatic heterocycles. The molecule has 2 aromatic rings. The zero-order valence-electron chi connectivity index (χ0n) is 5.27. The van der Waals surface area contributed by atoms with Crippen LogP contribution < -0.4 is 0 Å². The van der Waals surface area contributed by atoms with Crippen LogP contribution in [0.2, 0.25) is 0 Å². The van der Waals surface area contributed by atoms with Crippen LogP contribution >= 0.6 is 0 Å². The normalized spacial score (nSPS) is 10.5. The fourth-order valence-electron chi connectivity index (χ4n) is 0.686. The summed E-state index contributed by atoms with van der Waals surface area (Å²) >= 11 is 0. The summed E-state index contributed by atoms with van der Waals surface area (Å²) in [5.74, 6) is 0.670. The average molecular weight is 136 g/mol. The Labute approximate surface area is 56.1 Å². The number of rotatable bonds is 0. The van der Waals surface area contributed by atoms with Crippen molar-refractivity contribution in [2.24, 2.45) is 0 Å². The second-order valence-corrected chi connectivity index (χ2v) is 1.89. The summed E-state index contributed by atoms with van der Waals surface area (Å²) in [4.78, 5) is 7.86. The molecule has 50 valence electrons. The average Bonchev–Trinajstić information content (AvgIpc) is 2.33. The third-order valence-corrected chi connectivity index (χ3v) is 1.14. The molecule has 5 heteroatoms. The van der Waals surface area contributed by atoms with Gasteiger partial charge >= 0.3 is 0 Å². The van der Waals surface area contributed by atoms with Gasteiger partial charge in [-0.25, -0.2) is 14.6 Å². The highest BCUT2D eigenvalue weighted by molar-refractivity contribution is 5.66. The molecule has 0 amide bonds. The van der Waals surface area contributed by atoms with Gasteiger partial charge in [0.05, 0.1) is 6.20 Å². The van der Waals surface area contributed by atoms with Crippen molar-refractivity contribution in [3.05, 3.63) is 12.0 Å². The fraction of sp³-hybridized carbons (Fsp3) is 0.200. The number of aryl methyl sites for hydroxylation is 1. The standard InChI is InChI=1S/C5H4N4O/c1-3-6-2-4-5(7-3)9-10-8-4/h2H,1H3. The van der Waals surface area contributed by atoms with E-state index in [4.69, 9.17) is 0 Å². The fourth-order valence-corrected chi connectivity index (χ4v) is 0.686. The quantitative estimate of drug-likeness (QED) is 0.521. The minimum atomic E-state index is 0.507. The summed E-state index contributed by atoms with van der Waals surface area (Å²) < 4.78 is 4.42. The Hall–Kier alpha value is -1.52. The molecule has 0 unspecified atom stereocenters. The van der Waals surface area contributed by atoms with E-state index in [1.54, 1.807) is 13.1 Å². The van der Waals surface area contributed by atoms with Crippen molar-refractivity contribution < 1.29 is 4.63 Å². The smallest absolute Gasteiger partial charge is 0.227 e. The Morgan fingerprint density at radius 2 is 2.30 bits per heavy atom. The molecule has 0 saturated heterocycles. The first-order valence-corrected chi connectivity index (χ1v) is 2.78. The van der Waals surface area contributed by atoms with Crippen LogP contribution in [0.15, 0.2) is 10.8 Å². The van der Waals surface area contributed by atoms with Crippen molar-refractivity contribution in [2.45, 2.75) is 6.92 Å². The van der Waals surface area contributed by atoms with Gasteiger partial charge in [0.25, 0.3) is 0 Å². The van der Waals surface area contributed by atoms with Crippen LogP contribution in [0.1, 0.15) is 5.82 Å². The van der Waals surface area contributed by atoms with Crippen molar-refractivity contribution in [3.63, 3.8) is 0 Å². The van der Waals surface area contributed by atoms with Crippen LogP contribution in [0.5, 0.6) is 0 Å². The third kappa shape index (κ3) is 0.637. The minimum Gasteiger partial charge on any atom is -0.242 e. The highest BCUT2D eigenvalue weighted by Gasteiger charge is 1.99. The first-order chi connectivity index (χ1) is 4.86. The van der Waals surface area contributed by atoms with Crippen molar-refractivity contribution in [2.75, 3.05) is 0 Å². The molecular weight excluding hydrogens is 132 g/mol. The molecule has 0 radical (unpaired) electrons. The predicted molar refractivity (Wildman–Crippen MR) is 32.1 cm³/mol. The highest BCUT2D eigenvalue weighted by Crippen LogP contribution is 2.02. The lowest BCUT2D eigenvalue weighted by Crippen LogP contribution is -1.85. The topological polar surface area (TPSA) is 64.7 Å². The van der Waals surface area contributed by atoms with Crippen LogP contribution in [0.3, 0.4) is 0 Å². The molecule has 0 atom stereocenters. The van der Waals surface area contributed by atoms with E-state index in [0.717, 1.165) is 0 Å². The molecule has 0 aliphatic carbocycles. The van der Waals surface area contributed by atoms with Crippen LogP contribution in [0, 0.1) is 6.92 Å². The maximum atomic E-state index is 4.42. The third-order valence-electron chi connectivity index (χ3n) is 1.14. The summed E-state index contributed by atoms with van der Waals surface area (Å²) in [5.41, 5.74) is 1.10. The van der Waals surface area contributed by atoms with Gasteiger partial charge in [-0.15, -0.1) is 0 Å². The van der Waals surface area contributed by atoms with Crippen LogP contribution in [0.4, 0.5) is 0 Å². The van der Waals surface area contributed by atoms with E-state index in [0.29, 0.717) is 17.0 Å². The SMILES string of the molecule is Cc1ncc2nonc2n1. The Balaban J connectivity index is 2.86. The molecule has 2 aromatic heterocycles. The zero-order valence-corrected chi connectivity index (χ0v) is 5.27. The predicted octanol–water partition coefficient (Wildman–Crippen LogP) is 0.321. The highest BCUT2D eigenvalue weighted by atomic mass is 16.6. The molecule has 0 fully saturated rings. The first-order valence-electron chi connectivity index (χ1n) is 2.78. The monoisotopic (exact) mass is 136 g/mol. The van der Waals surface area contributed by atoms with Gasteiger partial charge in [0.1, 0.15) is 5.82 Å². The van der Waals surface area contributed by atoms with E-state index in [-0.39, 0.29) is 0 Å². The van der Waals surface area contributed by atoms with Gasteiger partial charge in [-0.1, -0.05) is 0 Å². The number of hydrogen-bond acceptors (Lipinski definition) is 5. The molecule has 0 saturated carbocycles. The van der Waals surface area contributed by atoms with E-state index in [9.17, 15) is 0 Å². The Kier molecular flexibility index (Phi) is 0.913. The molecule has 5 nitrogen and oxygen atoms in total. The van der Waals surface area contributed by atoms with Crippen molar-refractivity contribution in [1.82, 2.24) is 20.3 Å². The Morgan fingerprint density at radius 1 is 1.40 bits per heavy atom. The van der Waals surface area contributed by atoms with Gasteiger partial charge < -0.3 is 0 Å². The lowest BCUT2D eigenvalue weighted by molar-refractivity contribution is 0.314. The zero-order chi connectivity index (χ0) is 6.97. The van der Waals surface area contributed by atoms with Crippen LogP contribution in [0.25, 0.3) is 11.2 Å². The van der Waals surface area contributed by atoms with E-state index in [1.807, 2.05) is 0 Å². The molecule has 0 N–H and O–H groups in total. The summed E-state index contributed by atoms with van der Waals surface area (Å²) in [7, 11) is 0. The molecule has 10 heavy (non-hydrogen) atoms. The summed E-state index contributed by atoms with van der Waals surface area (Å²) in [6, 6.07) is 0. The van der Waals surface area contributed by atoms with E-state index >= 15 is 0 Å². The maximum Gasteiger partial charge on any atom is 0.227 e. The van der Waals surface area contributed by atoms with Gasteiger partial charge in [-0.05, 0) is 17.2 Å². The van der Waals surface area contributed by atoms with Gasteiger partial charge in [-0.2, -0.15) is 0 Å². The Morgan fingerprint density at radius 3 is 3.20 bits per heavy atom. The van der Waals surface area contributed by atoms with Gasteiger partial charge in [0, 0.05) is 0 Å². The van der Waals surface area contributed by atoms with E-state index < -0.39 is 0 Å². The van der Waals surface area contributed by atoms with Crippen molar-refractivity contribution >= 4 is 11.2 Å². The summed E-state index contributed by atoms with van der Waals surface area (Å²) in [5, 5.41) is 7.09.